The van der Waals surface area contributed by atoms with Gasteiger partial charge in [-0.3, -0.25) is 16.3 Å². The number of nitrogens with one attached hydrogen (secondary N) is 1. The number of nitrogens with two attached hydrogens (primary N) is 1. The smallest absolute Gasteiger partial charge is 0.0419 e. The molecular formula is C16H21N3. The Kier molecular flexibility index (Phi) is 5.07. The molecule has 0 radical (unpaired) electrons. The molecule has 1 aromatic carbocycles. The van der Waals surface area contributed by atoms with E-state index in [4.69, 9.17) is 5.84 Å². The average Bonchev–Trinajstić information content (AvgIpc) is 2.44. The molecule has 1 heterocycles. The van der Waals surface area contributed by atoms with Crippen molar-refractivity contribution in [2.24, 2.45) is 5.84 Å². The number of pyridine rings is 1. The summed E-state index contributed by atoms with van der Waals surface area (Å²) in [6.45, 7) is 2.12. The first kappa shape index (κ1) is 13.7. The van der Waals surface area contributed by atoms with E-state index in [1.54, 1.807) is 0 Å². The van der Waals surface area contributed by atoms with Gasteiger partial charge in [-0.1, -0.05) is 35.9 Å². The Labute approximate surface area is 114 Å². The van der Waals surface area contributed by atoms with Crippen molar-refractivity contribution >= 4 is 0 Å². The van der Waals surface area contributed by atoms with E-state index in [1.165, 1.54) is 11.1 Å². The molecule has 1 aromatic heterocycles. The number of nitrogens with zero attached hydrogens (tertiary/aromatic N) is 1. The number of aryl methyl sites for hydroxylation is 2. The number of hydrogen-bond donors (Lipinski definition) is 2. The third-order valence-corrected chi connectivity index (χ3v) is 3.28. The van der Waals surface area contributed by atoms with Crippen LogP contribution in [-0.2, 0) is 12.8 Å². The lowest BCUT2D eigenvalue weighted by molar-refractivity contribution is 0.487. The zero-order valence-electron chi connectivity index (χ0n) is 11.3. The number of benzene rings is 1. The van der Waals surface area contributed by atoms with Gasteiger partial charge in [0.05, 0.1) is 0 Å². The molecule has 2 rings (SSSR count). The maximum absolute atomic E-state index is 5.64. The predicted octanol–water partition coefficient (Wildman–Crippen LogP) is 2.40. The maximum Gasteiger partial charge on any atom is 0.0419 e. The van der Waals surface area contributed by atoms with Gasteiger partial charge >= 0.3 is 0 Å². The maximum atomic E-state index is 5.64. The Bertz CT molecular complexity index is 496. The van der Waals surface area contributed by atoms with Crippen LogP contribution in [0.4, 0.5) is 0 Å². The van der Waals surface area contributed by atoms with Gasteiger partial charge in [0.2, 0.25) is 0 Å². The standard InChI is InChI=1S/C16H21N3/c1-13-5-4-6-14(11-13)8-9-16(19-17)12-15-7-2-3-10-18-15/h2-7,10-11,16,19H,8-9,12,17H2,1H3. The Morgan fingerprint density at radius 2 is 2.11 bits per heavy atom. The summed E-state index contributed by atoms with van der Waals surface area (Å²) in [5.74, 6) is 5.64. The fourth-order valence-corrected chi connectivity index (χ4v) is 2.22. The number of hydrogen-bond acceptors (Lipinski definition) is 3. The molecule has 3 N–H and O–H groups in total. The summed E-state index contributed by atoms with van der Waals surface area (Å²) in [5, 5.41) is 0. The zero-order valence-corrected chi connectivity index (χ0v) is 11.3. The highest BCUT2D eigenvalue weighted by molar-refractivity contribution is 5.22. The fraction of sp³-hybridized carbons (Fsp3) is 0.312. The van der Waals surface area contributed by atoms with Crippen molar-refractivity contribution in [3.63, 3.8) is 0 Å². The summed E-state index contributed by atoms with van der Waals surface area (Å²) in [4.78, 5) is 4.34. The summed E-state index contributed by atoms with van der Waals surface area (Å²) in [5.41, 5.74) is 6.64. The van der Waals surface area contributed by atoms with Gasteiger partial charge in [0.15, 0.2) is 0 Å². The van der Waals surface area contributed by atoms with Crippen molar-refractivity contribution in [3.05, 3.63) is 65.5 Å². The van der Waals surface area contributed by atoms with E-state index in [0.29, 0.717) is 0 Å². The summed E-state index contributed by atoms with van der Waals surface area (Å²) < 4.78 is 0. The van der Waals surface area contributed by atoms with Crippen LogP contribution < -0.4 is 11.3 Å². The summed E-state index contributed by atoms with van der Waals surface area (Å²) in [7, 11) is 0. The van der Waals surface area contributed by atoms with Gasteiger partial charge in [0.1, 0.15) is 0 Å². The molecule has 100 valence electrons. The van der Waals surface area contributed by atoms with Crippen LogP contribution in [0.25, 0.3) is 0 Å². The van der Waals surface area contributed by atoms with Gasteiger partial charge in [-0.25, -0.2) is 0 Å². The second-order valence-electron chi connectivity index (χ2n) is 4.92. The fourth-order valence-electron chi connectivity index (χ4n) is 2.22. The molecule has 0 aliphatic carbocycles. The third-order valence-electron chi connectivity index (χ3n) is 3.28. The van der Waals surface area contributed by atoms with Crippen molar-refractivity contribution in [1.29, 1.82) is 0 Å². The van der Waals surface area contributed by atoms with Crippen molar-refractivity contribution in [1.82, 2.24) is 10.4 Å². The van der Waals surface area contributed by atoms with Crippen LogP contribution in [0.3, 0.4) is 0 Å². The van der Waals surface area contributed by atoms with Gasteiger partial charge in [-0.15, -0.1) is 0 Å². The topological polar surface area (TPSA) is 50.9 Å². The van der Waals surface area contributed by atoms with E-state index in [2.05, 4.69) is 41.6 Å². The SMILES string of the molecule is Cc1cccc(CCC(Cc2ccccn2)NN)c1. The quantitative estimate of drug-likeness (QED) is 0.615. The van der Waals surface area contributed by atoms with Gasteiger partial charge in [0.25, 0.3) is 0 Å². The van der Waals surface area contributed by atoms with E-state index >= 15 is 0 Å². The van der Waals surface area contributed by atoms with Crippen molar-refractivity contribution in [2.75, 3.05) is 0 Å². The number of aromatic nitrogens is 1. The normalized spacial score (nSPS) is 12.3. The summed E-state index contributed by atoms with van der Waals surface area (Å²) in [6, 6.07) is 14.9. The number of rotatable bonds is 6. The minimum atomic E-state index is 0.260. The largest absolute Gasteiger partial charge is 0.271 e. The molecule has 0 amide bonds. The molecule has 0 saturated heterocycles. The minimum absolute atomic E-state index is 0.260. The monoisotopic (exact) mass is 255 g/mol. The first-order valence-corrected chi connectivity index (χ1v) is 6.69. The second-order valence-corrected chi connectivity index (χ2v) is 4.92. The molecule has 3 heteroatoms. The molecule has 2 aromatic rings. The van der Waals surface area contributed by atoms with Crippen LogP contribution in [0, 0.1) is 6.92 Å². The second kappa shape index (κ2) is 7.02. The molecule has 19 heavy (non-hydrogen) atoms. The van der Waals surface area contributed by atoms with Crippen LogP contribution in [-0.4, -0.2) is 11.0 Å². The molecule has 1 unspecified atom stereocenters. The first-order chi connectivity index (χ1) is 9.28. The summed E-state index contributed by atoms with van der Waals surface area (Å²) >= 11 is 0. The average molecular weight is 255 g/mol. The summed E-state index contributed by atoms with van der Waals surface area (Å²) in [6.07, 6.45) is 4.73. The molecule has 0 bridgehead atoms. The zero-order chi connectivity index (χ0) is 13.5. The van der Waals surface area contributed by atoms with Gasteiger partial charge in [-0.2, -0.15) is 0 Å². The highest BCUT2D eigenvalue weighted by atomic mass is 15.2. The van der Waals surface area contributed by atoms with E-state index in [9.17, 15) is 0 Å². The highest BCUT2D eigenvalue weighted by Crippen LogP contribution is 2.10. The van der Waals surface area contributed by atoms with Gasteiger partial charge < -0.3 is 0 Å². The van der Waals surface area contributed by atoms with Gasteiger partial charge in [-0.05, 0) is 37.5 Å². The molecule has 0 saturated carbocycles. The Morgan fingerprint density at radius 3 is 2.79 bits per heavy atom. The van der Waals surface area contributed by atoms with E-state index in [-0.39, 0.29) is 6.04 Å². The molecule has 1 atom stereocenters. The van der Waals surface area contributed by atoms with Crippen LogP contribution >= 0.6 is 0 Å². The molecule has 0 aliphatic rings. The third kappa shape index (κ3) is 4.47. The first-order valence-electron chi connectivity index (χ1n) is 6.69. The lowest BCUT2D eigenvalue weighted by Gasteiger charge is -2.15. The van der Waals surface area contributed by atoms with Crippen LogP contribution in [0.5, 0.6) is 0 Å². The Morgan fingerprint density at radius 1 is 1.21 bits per heavy atom. The van der Waals surface area contributed by atoms with Gasteiger partial charge in [0, 0.05) is 24.4 Å². The molecule has 3 nitrogen and oxygen atoms in total. The molecule has 0 aliphatic heterocycles. The van der Waals surface area contributed by atoms with Crippen molar-refractivity contribution in [3.8, 4) is 0 Å². The lowest BCUT2D eigenvalue weighted by atomic mass is 10.0. The number of hydrazine groups is 1. The molecule has 0 fully saturated rings. The highest BCUT2D eigenvalue weighted by Gasteiger charge is 2.08. The van der Waals surface area contributed by atoms with Crippen LogP contribution in [0.15, 0.2) is 48.7 Å². The Balaban J connectivity index is 1.89. The Hall–Kier alpha value is -1.71. The molecular weight excluding hydrogens is 234 g/mol. The molecule has 0 spiro atoms. The lowest BCUT2D eigenvalue weighted by Crippen LogP contribution is -2.37. The van der Waals surface area contributed by atoms with Crippen LogP contribution in [0.2, 0.25) is 0 Å². The van der Waals surface area contributed by atoms with Crippen molar-refractivity contribution in [2.45, 2.75) is 32.2 Å². The van der Waals surface area contributed by atoms with E-state index in [0.717, 1.165) is 25.0 Å². The van der Waals surface area contributed by atoms with Crippen molar-refractivity contribution < 1.29 is 0 Å². The van der Waals surface area contributed by atoms with E-state index < -0.39 is 0 Å². The van der Waals surface area contributed by atoms with E-state index in [1.807, 2.05) is 24.4 Å². The predicted molar refractivity (Wildman–Crippen MR) is 78.6 cm³/mol. The minimum Gasteiger partial charge on any atom is -0.271 e. The van der Waals surface area contributed by atoms with Crippen LogP contribution in [0.1, 0.15) is 23.2 Å².